The number of ether oxygens (including phenoxy) is 2. The van der Waals surface area contributed by atoms with E-state index in [2.05, 4.69) is 19.6 Å². The van der Waals surface area contributed by atoms with Crippen LogP contribution in [0.1, 0.15) is 30.5 Å². The minimum Gasteiger partial charge on any atom is -0.469 e. The SMILES string of the molecule is COC(=O)c1ncn(C(C)C(C)C(=O)OC)n1. The summed E-state index contributed by atoms with van der Waals surface area (Å²) in [5, 5.41) is 3.94. The van der Waals surface area contributed by atoms with Crippen molar-refractivity contribution in [3.05, 3.63) is 12.2 Å². The van der Waals surface area contributed by atoms with Gasteiger partial charge >= 0.3 is 11.9 Å². The van der Waals surface area contributed by atoms with Crippen LogP contribution in [-0.4, -0.2) is 40.9 Å². The second kappa shape index (κ2) is 5.42. The standard InChI is InChI=1S/C10H15N3O4/c1-6(9(14)16-3)7(2)13-5-11-8(12-13)10(15)17-4/h5-7H,1-4H3. The summed E-state index contributed by atoms with van der Waals surface area (Å²) >= 11 is 0. The summed E-state index contributed by atoms with van der Waals surface area (Å²) in [5.74, 6) is -1.36. The number of rotatable bonds is 4. The summed E-state index contributed by atoms with van der Waals surface area (Å²) in [6, 6.07) is -0.256. The Bertz CT molecular complexity index is 415. The molecule has 17 heavy (non-hydrogen) atoms. The van der Waals surface area contributed by atoms with Gasteiger partial charge in [0.15, 0.2) is 0 Å². The van der Waals surface area contributed by atoms with Gasteiger partial charge in [0, 0.05) is 0 Å². The minimum absolute atomic E-state index is 0.0311. The molecule has 0 saturated carbocycles. The van der Waals surface area contributed by atoms with E-state index in [9.17, 15) is 9.59 Å². The highest BCUT2D eigenvalue weighted by atomic mass is 16.5. The number of methoxy groups -OCH3 is 2. The van der Waals surface area contributed by atoms with Gasteiger partial charge in [-0.15, -0.1) is 5.10 Å². The zero-order valence-corrected chi connectivity index (χ0v) is 10.2. The molecule has 0 aliphatic rings. The van der Waals surface area contributed by atoms with Crippen molar-refractivity contribution in [2.24, 2.45) is 5.92 Å². The third-order valence-electron chi connectivity index (χ3n) is 2.59. The molecular formula is C10H15N3O4. The van der Waals surface area contributed by atoms with Crippen LogP contribution in [0, 0.1) is 5.92 Å². The van der Waals surface area contributed by atoms with E-state index in [1.54, 1.807) is 13.8 Å². The van der Waals surface area contributed by atoms with Crippen molar-refractivity contribution in [1.82, 2.24) is 14.8 Å². The first-order chi connectivity index (χ1) is 8.01. The van der Waals surface area contributed by atoms with Crippen LogP contribution in [0.3, 0.4) is 0 Å². The molecular weight excluding hydrogens is 226 g/mol. The lowest BCUT2D eigenvalue weighted by Crippen LogP contribution is -2.23. The van der Waals surface area contributed by atoms with E-state index in [-0.39, 0.29) is 23.8 Å². The monoisotopic (exact) mass is 241 g/mol. The van der Waals surface area contributed by atoms with Gasteiger partial charge in [-0.25, -0.2) is 14.5 Å². The Labute approximate surface area is 98.7 Å². The number of hydrogen-bond acceptors (Lipinski definition) is 6. The van der Waals surface area contributed by atoms with Gasteiger partial charge in [-0.05, 0) is 13.8 Å². The first kappa shape index (κ1) is 13.1. The topological polar surface area (TPSA) is 83.3 Å². The maximum absolute atomic E-state index is 11.3. The lowest BCUT2D eigenvalue weighted by atomic mass is 10.0. The van der Waals surface area contributed by atoms with Gasteiger partial charge in [0.25, 0.3) is 5.82 Å². The molecule has 1 heterocycles. The molecule has 0 aliphatic heterocycles. The Kier molecular flexibility index (Phi) is 4.19. The molecule has 2 unspecified atom stereocenters. The zero-order valence-electron chi connectivity index (χ0n) is 10.2. The van der Waals surface area contributed by atoms with Crippen LogP contribution < -0.4 is 0 Å². The lowest BCUT2D eigenvalue weighted by Gasteiger charge is -2.17. The van der Waals surface area contributed by atoms with Gasteiger partial charge in [0.05, 0.1) is 26.2 Å². The number of carbonyl (C=O) groups is 2. The molecule has 0 spiro atoms. The van der Waals surface area contributed by atoms with E-state index in [4.69, 9.17) is 0 Å². The fourth-order valence-electron chi connectivity index (χ4n) is 1.27. The van der Waals surface area contributed by atoms with Crippen LogP contribution in [0.2, 0.25) is 0 Å². The van der Waals surface area contributed by atoms with Crippen molar-refractivity contribution >= 4 is 11.9 Å². The fraction of sp³-hybridized carbons (Fsp3) is 0.600. The van der Waals surface area contributed by atoms with Crippen LogP contribution in [-0.2, 0) is 14.3 Å². The fourth-order valence-corrected chi connectivity index (χ4v) is 1.27. The molecule has 2 atom stereocenters. The summed E-state index contributed by atoms with van der Waals surface area (Å²) in [5.41, 5.74) is 0. The molecule has 1 aromatic heterocycles. The van der Waals surface area contributed by atoms with E-state index < -0.39 is 5.97 Å². The van der Waals surface area contributed by atoms with Gasteiger partial charge in [-0.1, -0.05) is 0 Å². The summed E-state index contributed by atoms with van der Waals surface area (Å²) < 4.78 is 10.6. The molecule has 1 rings (SSSR count). The molecule has 0 amide bonds. The summed E-state index contributed by atoms with van der Waals surface area (Å²) in [6.45, 7) is 3.51. The number of carbonyl (C=O) groups excluding carboxylic acids is 2. The Balaban J connectivity index is 2.83. The molecule has 0 bridgehead atoms. The predicted octanol–water partition coefficient (Wildman–Crippen LogP) is 0.435. The molecule has 0 aliphatic carbocycles. The molecule has 0 saturated heterocycles. The van der Waals surface area contributed by atoms with Gasteiger partial charge in [0.2, 0.25) is 0 Å². The van der Waals surface area contributed by atoms with Crippen molar-refractivity contribution in [2.45, 2.75) is 19.9 Å². The Morgan fingerprint density at radius 3 is 2.47 bits per heavy atom. The Morgan fingerprint density at radius 1 is 1.29 bits per heavy atom. The first-order valence-corrected chi connectivity index (χ1v) is 5.08. The van der Waals surface area contributed by atoms with Crippen LogP contribution in [0.25, 0.3) is 0 Å². The Hall–Kier alpha value is -1.92. The molecule has 0 radical (unpaired) electrons. The predicted molar refractivity (Wildman–Crippen MR) is 57.3 cm³/mol. The lowest BCUT2D eigenvalue weighted by molar-refractivity contribution is -0.146. The molecule has 7 heteroatoms. The van der Waals surface area contributed by atoms with E-state index >= 15 is 0 Å². The highest BCUT2D eigenvalue weighted by Gasteiger charge is 2.24. The highest BCUT2D eigenvalue weighted by molar-refractivity contribution is 5.84. The zero-order chi connectivity index (χ0) is 13.0. The molecule has 94 valence electrons. The van der Waals surface area contributed by atoms with Crippen molar-refractivity contribution in [3.8, 4) is 0 Å². The average molecular weight is 241 g/mol. The highest BCUT2D eigenvalue weighted by Crippen LogP contribution is 2.17. The van der Waals surface area contributed by atoms with E-state index in [0.29, 0.717) is 0 Å². The normalized spacial score (nSPS) is 13.9. The van der Waals surface area contributed by atoms with E-state index in [1.807, 2.05) is 0 Å². The second-order valence-corrected chi connectivity index (χ2v) is 3.59. The molecule has 1 aromatic rings. The smallest absolute Gasteiger partial charge is 0.377 e. The van der Waals surface area contributed by atoms with Crippen LogP contribution in [0.4, 0.5) is 0 Å². The van der Waals surface area contributed by atoms with Crippen molar-refractivity contribution in [2.75, 3.05) is 14.2 Å². The first-order valence-electron chi connectivity index (χ1n) is 5.08. The van der Waals surface area contributed by atoms with E-state index in [0.717, 1.165) is 0 Å². The van der Waals surface area contributed by atoms with Crippen LogP contribution in [0.5, 0.6) is 0 Å². The van der Waals surface area contributed by atoms with Crippen molar-refractivity contribution in [1.29, 1.82) is 0 Å². The quantitative estimate of drug-likeness (QED) is 0.711. The molecule has 0 fully saturated rings. The third kappa shape index (κ3) is 2.80. The maximum Gasteiger partial charge on any atom is 0.377 e. The van der Waals surface area contributed by atoms with Gasteiger partial charge in [0.1, 0.15) is 6.33 Å². The third-order valence-corrected chi connectivity index (χ3v) is 2.59. The van der Waals surface area contributed by atoms with Crippen molar-refractivity contribution < 1.29 is 19.1 Å². The summed E-state index contributed by atoms with van der Waals surface area (Å²) in [4.78, 5) is 26.3. The second-order valence-electron chi connectivity index (χ2n) is 3.59. The molecule has 0 aromatic carbocycles. The Morgan fingerprint density at radius 2 is 1.94 bits per heavy atom. The largest absolute Gasteiger partial charge is 0.469 e. The average Bonchev–Trinajstić information content (AvgIpc) is 2.84. The van der Waals surface area contributed by atoms with Crippen LogP contribution >= 0.6 is 0 Å². The van der Waals surface area contributed by atoms with E-state index in [1.165, 1.54) is 25.2 Å². The maximum atomic E-state index is 11.3. The van der Waals surface area contributed by atoms with Gasteiger partial charge < -0.3 is 9.47 Å². The summed E-state index contributed by atoms with van der Waals surface area (Å²) in [6.07, 6.45) is 1.39. The van der Waals surface area contributed by atoms with Crippen LogP contribution in [0.15, 0.2) is 6.33 Å². The number of nitrogens with zero attached hydrogens (tertiary/aromatic N) is 3. The minimum atomic E-state index is -0.610. The summed E-state index contributed by atoms with van der Waals surface area (Å²) in [7, 11) is 2.58. The van der Waals surface area contributed by atoms with Crippen molar-refractivity contribution in [3.63, 3.8) is 0 Å². The van der Waals surface area contributed by atoms with Gasteiger partial charge in [-0.2, -0.15) is 0 Å². The number of aromatic nitrogens is 3. The number of esters is 2. The number of hydrogen-bond donors (Lipinski definition) is 0. The van der Waals surface area contributed by atoms with Gasteiger partial charge in [-0.3, -0.25) is 4.79 Å². The molecule has 0 N–H and O–H groups in total. The molecule has 7 nitrogen and oxygen atoms in total.